The first-order valence-corrected chi connectivity index (χ1v) is 10.2. The van der Waals surface area contributed by atoms with Gasteiger partial charge in [0.15, 0.2) is 17.3 Å². The summed E-state index contributed by atoms with van der Waals surface area (Å²) in [7, 11) is 0. The third-order valence-electron chi connectivity index (χ3n) is 5.95. The fourth-order valence-corrected chi connectivity index (χ4v) is 4.57. The quantitative estimate of drug-likeness (QED) is 0.554. The molecule has 9 heteroatoms. The maximum Gasteiger partial charge on any atom is 0.240 e. The molecular weight excluding hydrogens is 366 g/mol. The lowest BCUT2D eigenvalue weighted by molar-refractivity contribution is 0.640. The van der Waals surface area contributed by atoms with Gasteiger partial charge in [-0.1, -0.05) is 43.2 Å². The smallest absolute Gasteiger partial charge is 0.240 e. The molecule has 1 aromatic heterocycles. The van der Waals surface area contributed by atoms with Crippen molar-refractivity contribution in [3.8, 4) is 23.2 Å². The molecule has 1 aromatic carbocycles. The minimum absolute atomic E-state index is 0.238. The second-order valence-corrected chi connectivity index (χ2v) is 7.90. The molecule has 4 aliphatic rings. The fraction of sp³-hybridized carbons (Fsp3) is 0.400. The van der Waals surface area contributed by atoms with E-state index in [4.69, 9.17) is 15.0 Å². The number of nitrogens with zero attached hydrogens (tertiary/aromatic N) is 7. The van der Waals surface area contributed by atoms with E-state index in [0.29, 0.717) is 23.4 Å². The number of hydrogen-bond donors (Lipinski definition) is 2. The van der Waals surface area contributed by atoms with E-state index < -0.39 is 0 Å². The summed E-state index contributed by atoms with van der Waals surface area (Å²) in [5, 5.41) is 18.2. The number of tetrazole rings is 1. The number of aromatic amines is 1. The summed E-state index contributed by atoms with van der Waals surface area (Å²) in [6.07, 6.45) is 5.74. The summed E-state index contributed by atoms with van der Waals surface area (Å²) in [5.41, 5.74) is 2.14. The highest BCUT2D eigenvalue weighted by Gasteiger charge is 2.33. The van der Waals surface area contributed by atoms with Crippen molar-refractivity contribution in [3.63, 3.8) is 0 Å². The third kappa shape index (κ3) is 2.84. The molecule has 3 aliphatic heterocycles. The predicted octanol–water partition coefficient (Wildman–Crippen LogP) is 2.65. The van der Waals surface area contributed by atoms with E-state index in [-0.39, 0.29) is 6.04 Å². The molecule has 0 saturated heterocycles. The normalized spacial score (nSPS) is 19.0. The Morgan fingerprint density at radius 1 is 1.00 bits per heavy atom. The molecule has 0 unspecified atom stereocenters. The second kappa shape index (κ2) is 6.61. The van der Waals surface area contributed by atoms with Gasteiger partial charge in [0.1, 0.15) is 11.6 Å². The van der Waals surface area contributed by atoms with Crippen LogP contribution in [0.1, 0.15) is 43.0 Å². The summed E-state index contributed by atoms with van der Waals surface area (Å²) >= 11 is 0. The van der Waals surface area contributed by atoms with Crippen LogP contribution >= 0.6 is 0 Å². The first-order chi connectivity index (χ1) is 14.3. The van der Waals surface area contributed by atoms with E-state index in [1.807, 2.05) is 6.07 Å². The Balaban J connectivity index is 1.42. The number of hydrogen-bond acceptors (Lipinski definition) is 7. The molecule has 0 bridgehead atoms. The van der Waals surface area contributed by atoms with Gasteiger partial charge in [-0.25, -0.2) is 15.0 Å². The first kappa shape index (κ1) is 16.6. The fourth-order valence-electron chi connectivity index (χ4n) is 4.57. The van der Waals surface area contributed by atoms with Crippen molar-refractivity contribution in [1.29, 1.82) is 0 Å². The number of anilines is 1. The molecule has 146 valence electrons. The number of benzene rings is 1. The monoisotopic (exact) mass is 387 g/mol. The van der Waals surface area contributed by atoms with E-state index in [9.17, 15) is 0 Å². The van der Waals surface area contributed by atoms with Crippen LogP contribution < -0.4 is 5.32 Å². The number of imidazole rings is 1. The minimum atomic E-state index is 0.238. The largest absolute Gasteiger partial charge is 0.365 e. The summed E-state index contributed by atoms with van der Waals surface area (Å²) in [6, 6.07) is 10.7. The molecule has 6 rings (SSSR count). The Morgan fingerprint density at radius 2 is 1.86 bits per heavy atom. The average molecular weight is 387 g/mol. The Hall–Kier alpha value is -3.36. The molecule has 29 heavy (non-hydrogen) atoms. The highest BCUT2D eigenvalue weighted by atomic mass is 15.5. The maximum atomic E-state index is 4.91. The molecule has 4 heterocycles. The Kier molecular flexibility index (Phi) is 3.78. The van der Waals surface area contributed by atoms with Gasteiger partial charge in [-0.2, -0.15) is 5.21 Å². The topological polar surface area (TPSA) is 110 Å². The van der Waals surface area contributed by atoms with E-state index in [2.05, 4.69) is 54.8 Å². The third-order valence-corrected chi connectivity index (χ3v) is 5.95. The number of fused-ring (bicyclic) bond motifs is 3. The van der Waals surface area contributed by atoms with Crippen LogP contribution in [0.5, 0.6) is 0 Å². The van der Waals surface area contributed by atoms with E-state index in [0.717, 1.165) is 43.1 Å². The second-order valence-electron chi connectivity index (χ2n) is 7.90. The van der Waals surface area contributed by atoms with Gasteiger partial charge in [0.05, 0.1) is 0 Å². The number of nitrogens with one attached hydrogen (secondary N) is 2. The lowest BCUT2D eigenvalue weighted by Crippen LogP contribution is -2.19. The summed E-state index contributed by atoms with van der Waals surface area (Å²) in [6.45, 7) is 0.767. The SMILES string of the molecule is c1ccc(C[C@@H]2Cn3c(-c4nn[nH]n4)nc4nc(C5CCCC5)nc-4c3N2)cc1. The van der Waals surface area contributed by atoms with Crippen molar-refractivity contribution in [2.24, 2.45) is 0 Å². The van der Waals surface area contributed by atoms with Crippen LogP contribution in [0.25, 0.3) is 23.2 Å². The standard InChI is InChI=1S/C20H21N9/c1-2-6-12(7-3-1)10-14-11-29-19(21-14)15-17(24-20(29)18-25-27-28-26-18)23-16(22-15)13-8-4-5-9-13/h1-3,6-7,13-14,21H,4-5,8-11H2,(H,25,26,27,28)/t14-/m1/s1. The van der Waals surface area contributed by atoms with E-state index in [1.165, 1.54) is 18.4 Å². The predicted molar refractivity (Wildman–Crippen MR) is 106 cm³/mol. The van der Waals surface area contributed by atoms with Crippen molar-refractivity contribution in [3.05, 3.63) is 41.7 Å². The molecular formula is C20H21N9. The molecule has 1 saturated carbocycles. The zero-order valence-electron chi connectivity index (χ0n) is 15.9. The van der Waals surface area contributed by atoms with Gasteiger partial charge in [0.25, 0.3) is 0 Å². The number of rotatable bonds is 4. The summed E-state index contributed by atoms with van der Waals surface area (Å²) < 4.78 is 2.12. The van der Waals surface area contributed by atoms with Crippen LogP contribution in [0.3, 0.4) is 0 Å². The van der Waals surface area contributed by atoms with Gasteiger partial charge < -0.3 is 9.88 Å². The molecule has 1 atom stereocenters. The van der Waals surface area contributed by atoms with Crippen molar-refractivity contribution in [2.45, 2.75) is 50.6 Å². The van der Waals surface area contributed by atoms with Gasteiger partial charge in [-0.3, -0.25) is 0 Å². The van der Waals surface area contributed by atoms with Crippen molar-refractivity contribution in [2.75, 3.05) is 5.32 Å². The molecule has 0 amide bonds. The van der Waals surface area contributed by atoms with Crippen LogP contribution in [-0.2, 0) is 13.0 Å². The summed E-state index contributed by atoms with van der Waals surface area (Å²) in [5.74, 6) is 4.12. The van der Waals surface area contributed by atoms with E-state index in [1.54, 1.807) is 0 Å². The van der Waals surface area contributed by atoms with Gasteiger partial charge in [0.2, 0.25) is 5.82 Å². The molecule has 0 spiro atoms. The number of H-pyrrole nitrogens is 1. The van der Waals surface area contributed by atoms with Gasteiger partial charge in [0, 0.05) is 18.5 Å². The maximum absolute atomic E-state index is 4.91. The molecule has 0 radical (unpaired) electrons. The van der Waals surface area contributed by atoms with Gasteiger partial charge in [-0.15, -0.1) is 10.2 Å². The van der Waals surface area contributed by atoms with Gasteiger partial charge >= 0.3 is 0 Å². The Morgan fingerprint density at radius 3 is 2.66 bits per heavy atom. The summed E-state index contributed by atoms with van der Waals surface area (Å²) in [4.78, 5) is 14.5. The van der Waals surface area contributed by atoms with Crippen LogP contribution in [0, 0.1) is 0 Å². The van der Waals surface area contributed by atoms with Crippen molar-refractivity contribution >= 4 is 5.82 Å². The van der Waals surface area contributed by atoms with E-state index >= 15 is 0 Å². The van der Waals surface area contributed by atoms with Crippen LogP contribution in [0.2, 0.25) is 0 Å². The minimum Gasteiger partial charge on any atom is -0.365 e. The highest BCUT2D eigenvalue weighted by Crippen LogP contribution is 2.39. The first-order valence-electron chi connectivity index (χ1n) is 10.2. The molecule has 1 aliphatic carbocycles. The molecule has 1 fully saturated rings. The zero-order valence-corrected chi connectivity index (χ0v) is 15.9. The average Bonchev–Trinajstić information content (AvgIpc) is 3.53. The molecule has 2 aromatic rings. The molecule has 2 N–H and O–H groups in total. The van der Waals surface area contributed by atoms with Crippen molar-refractivity contribution in [1.82, 2.24) is 40.1 Å². The zero-order chi connectivity index (χ0) is 19.2. The van der Waals surface area contributed by atoms with Crippen LogP contribution in [0.4, 0.5) is 5.82 Å². The number of aromatic nitrogens is 8. The van der Waals surface area contributed by atoms with Crippen molar-refractivity contribution < 1.29 is 0 Å². The van der Waals surface area contributed by atoms with Gasteiger partial charge in [-0.05, 0) is 30.0 Å². The highest BCUT2D eigenvalue weighted by molar-refractivity contribution is 5.73. The van der Waals surface area contributed by atoms with Crippen LogP contribution in [0.15, 0.2) is 30.3 Å². The lowest BCUT2D eigenvalue weighted by atomic mass is 10.1. The van der Waals surface area contributed by atoms with Crippen LogP contribution in [-0.4, -0.2) is 46.2 Å². The Bertz CT molecular complexity index is 1100. The Labute approximate surface area is 167 Å². The lowest BCUT2D eigenvalue weighted by Gasteiger charge is -2.10. The molecule has 9 nitrogen and oxygen atoms in total.